The normalized spacial score (nSPS) is 21.4. The molecule has 8 heteroatoms. The Morgan fingerprint density at radius 3 is 2.64 bits per heavy atom. The molecular formula is C20H25N5O3. The summed E-state index contributed by atoms with van der Waals surface area (Å²) < 4.78 is 5.50. The molecule has 0 radical (unpaired) electrons. The first-order valence-electron chi connectivity index (χ1n) is 9.58. The molecule has 1 unspecified atom stereocenters. The molecule has 4 heterocycles. The van der Waals surface area contributed by atoms with E-state index in [9.17, 15) is 9.59 Å². The highest BCUT2D eigenvalue weighted by Crippen LogP contribution is 2.49. The van der Waals surface area contributed by atoms with Crippen molar-refractivity contribution in [3.05, 3.63) is 29.8 Å². The van der Waals surface area contributed by atoms with Crippen molar-refractivity contribution < 1.29 is 14.3 Å². The Balaban J connectivity index is 1.54. The van der Waals surface area contributed by atoms with E-state index in [0.717, 1.165) is 36.8 Å². The van der Waals surface area contributed by atoms with E-state index in [2.05, 4.69) is 20.3 Å². The fraction of sp³-hybridized carbons (Fsp3) is 0.550. The second kappa shape index (κ2) is 6.77. The number of carbonyl (C=O) groups excluding carboxylic acids is 2. The molecule has 1 atom stereocenters. The first-order chi connectivity index (χ1) is 13.3. The zero-order valence-corrected chi connectivity index (χ0v) is 16.4. The van der Waals surface area contributed by atoms with Gasteiger partial charge in [0.25, 0.3) is 0 Å². The second-order valence-electron chi connectivity index (χ2n) is 8.66. The van der Waals surface area contributed by atoms with Crippen LogP contribution in [0, 0.1) is 5.41 Å². The van der Waals surface area contributed by atoms with Crippen molar-refractivity contribution in [1.29, 1.82) is 0 Å². The molecule has 2 aromatic heterocycles. The monoisotopic (exact) mass is 383 g/mol. The van der Waals surface area contributed by atoms with E-state index in [-0.39, 0.29) is 17.6 Å². The van der Waals surface area contributed by atoms with Gasteiger partial charge in [0.15, 0.2) is 11.9 Å². The minimum atomic E-state index is -0.490. The van der Waals surface area contributed by atoms with Crippen molar-refractivity contribution in [3.63, 3.8) is 0 Å². The Morgan fingerprint density at radius 1 is 1.29 bits per heavy atom. The molecule has 1 amide bonds. The number of amides is 1. The lowest BCUT2D eigenvalue weighted by atomic mass is 9.65. The van der Waals surface area contributed by atoms with Gasteiger partial charge < -0.3 is 15.0 Å². The molecule has 1 spiro atoms. The first-order valence-corrected chi connectivity index (χ1v) is 9.58. The molecule has 28 heavy (non-hydrogen) atoms. The van der Waals surface area contributed by atoms with Crippen LogP contribution in [0.25, 0.3) is 11.0 Å². The van der Waals surface area contributed by atoms with E-state index < -0.39 is 5.60 Å². The van der Waals surface area contributed by atoms with Crippen LogP contribution < -0.4 is 5.32 Å². The van der Waals surface area contributed by atoms with Gasteiger partial charge in [0.05, 0.1) is 11.7 Å². The summed E-state index contributed by atoms with van der Waals surface area (Å²) in [6.07, 6.45) is 5.32. The smallest absolute Gasteiger partial charge is 0.410 e. The topological polar surface area (TPSA) is 97.3 Å². The van der Waals surface area contributed by atoms with Gasteiger partial charge in [-0.15, -0.1) is 0 Å². The largest absolute Gasteiger partial charge is 0.444 e. The third-order valence-corrected chi connectivity index (χ3v) is 5.63. The number of likely N-dealkylation sites (tertiary alicyclic amines) is 1. The average Bonchev–Trinajstić information content (AvgIpc) is 2.66. The van der Waals surface area contributed by atoms with Gasteiger partial charge in [-0.3, -0.25) is 4.79 Å². The number of aromatic nitrogens is 3. The molecule has 1 N–H and O–H groups in total. The highest BCUT2D eigenvalue weighted by Gasteiger charge is 2.50. The summed E-state index contributed by atoms with van der Waals surface area (Å²) in [6, 6.07) is 1.86. The van der Waals surface area contributed by atoms with Crippen molar-refractivity contribution in [2.24, 2.45) is 5.41 Å². The van der Waals surface area contributed by atoms with Crippen molar-refractivity contribution in [2.75, 3.05) is 19.6 Å². The van der Waals surface area contributed by atoms with E-state index in [0.29, 0.717) is 24.3 Å². The Morgan fingerprint density at radius 2 is 2.04 bits per heavy atom. The number of aldehydes is 1. The summed E-state index contributed by atoms with van der Waals surface area (Å²) in [5.41, 5.74) is 1.52. The van der Waals surface area contributed by atoms with Gasteiger partial charge in [0, 0.05) is 42.2 Å². The Labute approximate surface area is 163 Å². The summed E-state index contributed by atoms with van der Waals surface area (Å²) >= 11 is 0. The van der Waals surface area contributed by atoms with E-state index in [1.807, 2.05) is 20.8 Å². The summed E-state index contributed by atoms with van der Waals surface area (Å²) in [6.45, 7) is 7.84. The summed E-state index contributed by atoms with van der Waals surface area (Å²) in [5, 5.41) is 4.30. The van der Waals surface area contributed by atoms with Crippen LogP contribution in [0.2, 0.25) is 0 Å². The molecule has 2 fully saturated rings. The molecule has 2 aromatic rings. The summed E-state index contributed by atoms with van der Waals surface area (Å²) in [5.74, 6) is 0. The van der Waals surface area contributed by atoms with Gasteiger partial charge in [-0.1, -0.05) is 0 Å². The molecule has 148 valence electrons. The average molecular weight is 383 g/mol. The van der Waals surface area contributed by atoms with Crippen LogP contribution in [0.3, 0.4) is 0 Å². The fourth-order valence-corrected chi connectivity index (χ4v) is 4.08. The maximum atomic E-state index is 12.4. The van der Waals surface area contributed by atoms with Crippen LogP contribution in [0.4, 0.5) is 4.79 Å². The lowest BCUT2D eigenvalue weighted by Gasteiger charge is -2.54. The molecule has 0 aromatic carbocycles. The molecular weight excluding hydrogens is 358 g/mol. The number of rotatable bonds is 2. The zero-order chi connectivity index (χ0) is 19.9. The molecule has 2 aliphatic rings. The number of nitrogens with one attached hydrogen (secondary N) is 1. The molecule has 0 aliphatic carbocycles. The standard InChI is InChI=1S/C20H25N5O3/c1-19(2,3)28-18(27)25-6-4-20(5-7-25)11-22-16(20)15-14-8-13(10-26)9-21-17(14)24-12-23-15/h8-10,12,16,22H,4-7,11H2,1-3H3. The van der Waals surface area contributed by atoms with Crippen LogP contribution in [0.1, 0.15) is 55.7 Å². The molecule has 4 rings (SSSR count). The maximum Gasteiger partial charge on any atom is 0.410 e. The number of nitrogens with zero attached hydrogens (tertiary/aromatic N) is 4. The van der Waals surface area contributed by atoms with E-state index >= 15 is 0 Å². The van der Waals surface area contributed by atoms with Crippen molar-refractivity contribution in [1.82, 2.24) is 25.2 Å². The van der Waals surface area contributed by atoms with Crippen LogP contribution in [-0.2, 0) is 4.74 Å². The van der Waals surface area contributed by atoms with E-state index in [1.165, 1.54) is 12.5 Å². The number of ether oxygens (including phenoxy) is 1. The molecule has 8 nitrogen and oxygen atoms in total. The van der Waals surface area contributed by atoms with Gasteiger partial charge in [0.1, 0.15) is 11.9 Å². The van der Waals surface area contributed by atoms with Gasteiger partial charge in [-0.2, -0.15) is 0 Å². The molecule has 0 saturated carbocycles. The first kappa shape index (κ1) is 18.7. The third-order valence-electron chi connectivity index (χ3n) is 5.63. The van der Waals surface area contributed by atoms with Gasteiger partial charge in [-0.25, -0.2) is 19.7 Å². The molecule has 0 bridgehead atoms. The minimum Gasteiger partial charge on any atom is -0.444 e. The molecule has 2 aliphatic heterocycles. The predicted molar refractivity (Wildman–Crippen MR) is 103 cm³/mol. The van der Waals surface area contributed by atoms with Crippen LogP contribution in [-0.4, -0.2) is 57.5 Å². The van der Waals surface area contributed by atoms with Gasteiger partial charge in [-0.05, 0) is 39.7 Å². The van der Waals surface area contributed by atoms with Crippen LogP contribution in [0.5, 0.6) is 0 Å². The van der Waals surface area contributed by atoms with Crippen LogP contribution >= 0.6 is 0 Å². The third kappa shape index (κ3) is 3.32. The highest BCUT2D eigenvalue weighted by atomic mass is 16.6. The van der Waals surface area contributed by atoms with Gasteiger partial charge in [0.2, 0.25) is 0 Å². The number of pyridine rings is 1. The van der Waals surface area contributed by atoms with Gasteiger partial charge >= 0.3 is 6.09 Å². The van der Waals surface area contributed by atoms with Crippen molar-refractivity contribution >= 4 is 23.4 Å². The van der Waals surface area contributed by atoms with Crippen molar-refractivity contribution in [2.45, 2.75) is 45.3 Å². The SMILES string of the molecule is CC(C)(C)OC(=O)N1CCC2(CC1)CNC2c1ncnc2ncc(C=O)cc12. The molecule has 2 saturated heterocycles. The van der Waals surface area contributed by atoms with Crippen molar-refractivity contribution in [3.8, 4) is 0 Å². The number of hydrogen-bond acceptors (Lipinski definition) is 7. The summed E-state index contributed by atoms with van der Waals surface area (Å²) in [4.78, 5) is 38.3. The zero-order valence-electron chi connectivity index (χ0n) is 16.4. The summed E-state index contributed by atoms with van der Waals surface area (Å²) in [7, 11) is 0. The highest BCUT2D eigenvalue weighted by molar-refractivity contribution is 5.85. The minimum absolute atomic E-state index is 0.0387. The Kier molecular flexibility index (Phi) is 4.53. The lowest BCUT2D eigenvalue weighted by molar-refractivity contribution is -0.0187. The fourth-order valence-electron chi connectivity index (χ4n) is 4.08. The van der Waals surface area contributed by atoms with E-state index in [4.69, 9.17) is 4.74 Å². The number of carbonyl (C=O) groups is 2. The quantitative estimate of drug-likeness (QED) is 0.796. The Hall–Kier alpha value is -2.61. The second-order valence-corrected chi connectivity index (χ2v) is 8.66. The lowest BCUT2D eigenvalue weighted by Crippen LogP contribution is -2.61. The maximum absolute atomic E-state index is 12.4. The number of piperidine rings is 1. The predicted octanol–water partition coefficient (Wildman–Crippen LogP) is 2.50. The Bertz CT molecular complexity index is 916. The van der Waals surface area contributed by atoms with E-state index in [1.54, 1.807) is 11.0 Å². The van der Waals surface area contributed by atoms with Crippen LogP contribution in [0.15, 0.2) is 18.6 Å². The number of fused-ring (bicyclic) bond motifs is 1. The number of hydrogen-bond donors (Lipinski definition) is 1.